The number of carbonyl (C=O) groups is 1. The van der Waals surface area contributed by atoms with E-state index in [4.69, 9.17) is 9.47 Å². The molecule has 1 heterocycles. The first kappa shape index (κ1) is 20.2. The molecule has 0 radical (unpaired) electrons. The zero-order valence-corrected chi connectivity index (χ0v) is 17.0. The van der Waals surface area contributed by atoms with Crippen molar-refractivity contribution < 1.29 is 22.7 Å². The highest BCUT2D eigenvalue weighted by Crippen LogP contribution is 2.31. The van der Waals surface area contributed by atoms with E-state index < -0.39 is 10.0 Å². The van der Waals surface area contributed by atoms with Gasteiger partial charge in [-0.15, -0.1) is 0 Å². The molecule has 0 saturated carbocycles. The van der Waals surface area contributed by atoms with Gasteiger partial charge < -0.3 is 14.4 Å². The van der Waals surface area contributed by atoms with E-state index in [2.05, 4.69) is 0 Å². The van der Waals surface area contributed by atoms with Gasteiger partial charge in [-0.05, 0) is 49.7 Å². The number of likely N-dealkylation sites (N-methyl/N-ethyl adjacent to an activating group) is 1. The van der Waals surface area contributed by atoms with E-state index in [9.17, 15) is 13.2 Å². The lowest BCUT2D eigenvalue weighted by molar-refractivity contribution is -0.118. The second-order valence-electron chi connectivity index (χ2n) is 6.48. The van der Waals surface area contributed by atoms with Gasteiger partial charge in [0.15, 0.2) is 0 Å². The number of amides is 1. The lowest BCUT2D eigenvalue weighted by Crippen LogP contribution is -2.44. The normalized spacial score (nSPS) is 13.8. The molecule has 28 heavy (non-hydrogen) atoms. The van der Waals surface area contributed by atoms with Gasteiger partial charge in [-0.1, -0.05) is 12.1 Å². The van der Waals surface area contributed by atoms with Crippen LogP contribution in [0.1, 0.15) is 12.5 Å². The largest absolute Gasteiger partial charge is 0.494 e. The van der Waals surface area contributed by atoms with Crippen LogP contribution in [0.25, 0.3) is 0 Å². The molecule has 0 fully saturated rings. The lowest BCUT2D eigenvalue weighted by atomic mass is 10.2. The number of ether oxygens (including phenoxy) is 2. The first-order valence-electron chi connectivity index (χ1n) is 9.06. The van der Waals surface area contributed by atoms with Crippen LogP contribution in [0.5, 0.6) is 11.5 Å². The molecular weight excluding hydrogens is 380 g/mol. The van der Waals surface area contributed by atoms with Crippen LogP contribution in [0.4, 0.5) is 5.69 Å². The molecule has 0 saturated heterocycles. The summed E-state index contributed by atoms with van der Waals surface area (Å²) in [6.45, 7) is 4.65. The van der Waals surface area contributed by atoms with Crippen LogP contribution in [-0.2, 0) is 14.8 Å². The van der Waals surface area contributed by atoms with E-state index in [1.54, 1.807) is 36.1 Å². The lowest BCUT2D eigenvalue weighted by Gasteiger charge is -2.30. The summed E-state index contributed by atoms with van der Waals surface area (Å²) < 4.78 is 37.9. The summed E-state index contributed by atoms with van der Waals surface area (Å²) in [6, 6.07) is 11.9. The summed E-state index contributed by atoms with van der Waals surface area (Å²) in [6.07, 6.45) is 0. The van der Waals surface area contributed by atoms with Crippen LogP contribution in [-0.4, -0.2) is 52.0 Å². The first-order chi connectivity index (χ1) is 13.3. The Morgan fingerprint density at radius 3 is 2.71 bits per heavy atom. The molecule has 1 amide bonds. The Hall–Kier alpha value is -2.58. The third-order valence-electron chi connectivity index (χ3n) is 4.54. The van der Waals surface area contributed by atoms with Crippen molar-refractivity contribution in [3.05, 3.63) is 48.0 Å². The Labute approximate surface area is 165 Å². The smallest absolute Gasteiger partial charge is 0.243 e. The zero-order chi connectivity index (χ0) is 20.3. The molecule has 2 aromatic carbocycles. The van der Waals surface area contributed by atoms with Crippen LogP contribution in [0, 0.1) is 6.92 Å². The van der Waals surface area contributed by atoms with Crippen molar-refractivity contribution >= 4 is 21.6 Å². The Balaban J connectivity index is 1.78. The monoisotopic (exact) mass is 404 g/mol. The van der Waals surface area contributed by atoms with Crippen molar-refractivity contribution in [3.63, 3.8) is 0 Å². The molecule has 0 aromatic heterocycles. The molecular formula is C20H24N2O5S. The van der Waals surface area contributed by atoms with Crippen molar-refractivity contribution in [1.82, 2.24) is 4.31 Å². The minimum atomic E-state index is -3.81. The molecule has 0 unspecified atom stereocenters. The van der Waals surface area contributed by atoms with Crippen molar-refractivity contribution in [3.8, 4) is 11.5 Å². The number of fused-ring (bicyclic) bond motifs is 1. The summed E-state index contributed by atoms with van der Waals surface area (Å²) in [4.78, 5) is 14.5. The fraction of sp³-hybridized carbons (Fsp3) is 0.350. The summed E-state index contributed by atoms with van der Waals surface area (Å²) in [7, 11) is -2.40. The highest BCUT2D eigenvalue weighted by molar-refractivity contribution is 7.89. The van der Waals surface area contributed by atoms with Gasteiger partial charge >= 0.3 is 0 Å². The highest BCUT2D eigenvalue weighted by Gasteiger charge is 2.28. The van der Waals surface area contributed by atoms with E-state index in [-0.39, 0.29) is 17.3 Å². The summed E-state index contributed by atoms with van der Waals surface area (Å²) in [5, 5.41) is 0. The van der Waals surface area contributed by atoms with E-state index in [0.29, 0.717) is 36.9 Å². The number of hydrogen-bond donors (Lipinski definition) is 0. The highest BCUT2D eigenvalue weighted by atomic mass is 32.2. The molecule has 7 nitrogen and oxygen atoms in total. The average molecular weight is 404 g/mol. The summed E-state index contributed by atoms with van der Waals surface area (Å²) >= 11 is 0. The van der Waals surface area contributed by atoms with Gasteiger partial charge in [0.25, 0.3) is 0 Å². The van der Waals surface area contributed by atoms with Gasteiger partial charge in [-0.25, -0.2) is 8.42 Å². The van der Waals surface area contributed by atoms with Gasteiger partial charge in [-0.3, -0.25) is 4.79 Å². The summed E-state index contributed by atoms with van der Waals surface area (Å²) in [5.41, 5.74) is 1.38. The average Bonchev–Trinajstić information content (AvgIpc) is 2.69. The molecule has 1 aliphatic rings. The third kappa shape index (κ3) is 3.98. The Morgan fingerprint density at radius 1 is 1.25 bits per heavy atom. The van der Waals surface area contributed by atoms with E-state index in [1.165, 1.54) is 13.1 Å². The number of carbonyl (C=O) groups excluding carboxylic acids is 1. The van der Waals surface area contributed by atoms with Gasteiger partial charge in [0.1, 0.15) is 18.1 Å². The van der Waals surface area contributed by atoms with Crippen molar-refractivity contribution in [1.29, 1.82) is 0 Å². The van der Waals surface area contributed by atoms with Gasteiger partial charge in [0.2, 0.25) is 15.9 Å². The van der Waals surface area contributed by atoms with Crippen LogP contribution < -0.4 is 14.4 Å². The molecule has 150 valence electrons. The second-order valence-corrected chi connectivity index (χ2v) is 8.53. The third-order valence-corrected chi connectivity index (χ3v) is 6.34. The Kier molecular flexibility index (Phi) is 5.90. The van der Waals surface area contributed by atoms with Crippen LogP contribution in [0.2, 0.25) is 0 Å². The number of aryl methyl sites for hydroxylation is 1. The predicted molar refractivity (Wildman–Crippen MR) is 106 cm³/mol. The molecule has 1 aliphatic heterocycles. The minimum absolute atomic E-state index is 0.131. The molecule has 0 N–H and O–H groups in total. The maximum atomic E-state index is 12.9. The van der Waals surface area contributed by atoms with Crippen LogP contribution in [0.15, 0.2) is 47.4 Å². The first-order valence-corrected chi connectivity index (χ1v) is 10.5. The number of hydrogen-bond acceptors (Lipinski definition) is 5. The fourth-order valence-electron chi connectivity index (χ4n) is 3.07. The molecule has 0 aliphatic carbocycles. The van der Waals surface area contributed by atoms with E-state index in [1.807, 2.05) is 19.1 Å². The van der Waals surface area contributed by atoms with Crippen LogP contribution >= 0.6 is 0 Å². The zero-order valence-electron chi connectivity index (χ0n) is 16.2. The molecule has 0 atom stereocenters. The molecule has 3 rings (SSSR count). The Morgan fingerprint density at radius 2 is 2.00 bits per heavy atom. The van der Waals surface area contributed by atoms with Crippen LogP contribution in [0.3, 0.4) is 0 Å². The SMILES string of the molecule is CCOc1ccc(S(=O)(=O)N(C)CC(=O)N2CCOc3ccccc32)cc1C. The predicted octanol–water partition coefficient (Wildman–Crippen LogP) is 2.44. The topological polar surface area (TPSA) is 76.2 Å². The quantitative estimate of drug-likeness (QED) is 0.739. The maximum Gasteiger partial charge on any atom is 0.243 e. The minimum Gasteiger partial charge on any atom is -0.494 e. The number of benzene rings is 2. The number of nitrogens with zero attached hydrogens (tertiary/aromatic N) is 2. The molecule has 0 spiro atoms. The van der Waals surface area contributed by atoms with Gasteiger partial charge in [-0.2, -0.15) is 4.31 Å². The Bertz CT molecular complexity index is 974. The van der Waals surface area contributed by atoms with Gasteiger partial charge in [0.05, 0.1) is 30.3 Å². The summed E-state index contributed by atoms with van der Waals surface area (Å²) in [5.74, 6) is 0.962. The molecule has 2 aromatic rings. The maximum absolute atomic E-state index is 12.9. The van der Waals surface area contributed by atoms with Crippen molar-refractivity contribution in [2.75, 3.05) is 38.3 Å². The van der Waals surface area contributed by atoms with Crippen molar-refractivity contribution in [2.45, 2.75) is 18.7 Å². The standard InChI is InChI=1S/C20H24N2O5S/c1-4-26-18-10-9-16(13-15(18)2)28(24,25)21(3)14-20(23)22-11-12-27-19-8-6-5-7-17(19)22/h5-10,13H,4,11-12,14H2,1-3H3. The fourth-order valence-corrected chi connectivity index (χ4v) is 4.28. The molecule has 0 bridgehead atoms. The number of anilines is 1. The van der Waals surface area contributed by atoms with Gasteiger partial charge in [0, 0.05) is 7.05 Å². The van der Waals surface area contributed by atoms with E-state index >= 15 is 0 Å². The number of rotatable bonds is 6. The number of sulfonamides is 1. The van der Waals surface area contributed by atoms with Crippen molar-refractivity contribution in [2.24, 2.45) is 0 Å². The van der Waals surface area contributed by atoms with E-state index in [0.717, 1.165) is 9.87 Å². The second kappa shape index (κ2) is 8.20. The molecule has 8 heteroatoms. The number of para-hydroxylation sites is 2.